The summed E-state index contributed by atoms with van der Waals surface area (Å²) in [5, 5.41) is 6.19. The third-order valence-corrected chi connectivity index (χ3v) is 6.92. The number of hydrogen-bond donors (Lipinski definition) is 2. The highest BCUT2D eigenvalue weighted by molar-refractivity contribution is 6.36. The molecule has 4 bridgehead atoms. The van der Waals surface area contributed by atoms with Crippen molar-refractivity contribution in [2.45, 2.75) is 44.1 Å². The summed E-state index contributed by atoms with van der Waals surface area (Å²) in [6, 6.07) is 4.46. The third kappa shape index (κ3) is 4.69. The fourth-order valence-corrected chi connectivity index (χ4v) is 6.21. The standard InChI is InChI=1S/C21H24Cl2N2O4/c22-15-1-2-16(17(23)6-15)20(28)24-10-19(27)29-11-18(26)25-21-7-12-3-13(8-21)5-14(4-12)9-21/h1-2,6,12-14H,3-5,7-11H2,(H,24,28)(H,25,26). The van der Waals surface area contributed by atoms with Crippen LogP contribution in [0.3, 0.4) is 0 Å². The molecule has 2 amide bonds. The van der Waals surface area contributed by atoms with Crippen molar-refractivity contribution in [1.82, 2.24) is 10.6 Å². The Hall–Kier alpha value is -1.79. The van der Waals surface area contributed by atoms with Crippen LogP contribution < -0.4 is 10.6 Å². The van der Waals surface area contributed by atoms with Gasteiger partial charge in [0, 0.05) is 10.6 Å². The predicted octanol–water partition coefficient (Wildman–Crippen LogP) is 3.35. The first-order chi connectivity index (χ1) is 13.8. The molecule has 6 nitrogen and oxygen atoms in total. The number of carbonyl (C=O) groups excluding carboxylic acids is 3. The molecule has 0 saturated heterocycles. The normalized spacial score (nSPS) is 29.4. The van der Waals surface area contributed by atoms with E-state index in [-0.39, 0.29) is 35.2 Å². The molecule has 4 aliphatic rings. The lowest BCUT2D eigenvalue weighted by atomic mass is 9.53. The van der Waals surface area contributed by atoms with E-state index in [9.17, 15) is 14.4 Å². The molecule has 0 aromatic heterocycles. The smallest absolute Gasteiger partial charge is 0.325 e. The number of carbonyl (C=O) groups is 3. The van der Waals surface area contributed by atoms with Crippen molar-refractivity contribution < 1.29 is 19.1 Å². The fraction of sp³-hybridized carbons (Fsp3) is 0.571. The maximum absolute atomic E-state index is 12.4. The summed E-state index contributed by atoms with van der Waals surface area (Å²) in [4.78, 5) is 36.4. The van der Waals surface area contributed by atoms with E-state index in [2.05, 4.69) is 10.6 Å². The van der Waals surface area contributed by atoms with Gasteiger partial charge in [-0.25, -0.2) is 0 Å². The first-order valence-corrected chi connectivity index (χ1v) is 10.8. The molecule has 0 atom stereocenters. The molecular formula is C21H24Cl2N2O4. The summed E-state index contributed by atoms with van der Waals surface area (Å²) in [5.74, 6) is 0.704. The largest absolute Gasteiger partial charge is 0.454 e. The van der Waals surface area contributed by atoms with E-state index in [4.69, 9.17) is 27.9 Å². The Labute approximate surface area is 179 Å². The molecule has 1 aromatic carbocycles. The summed E-state index contributed by atoms with van der Waals surface area (Å²) in [7, 11) is 0. The van der Waals surface area contributed by atoms with Gasteiger partial charge in [-0.2, -0.15) is 0 Å². The van der Waals surface area contributed by atoms with Crippen LogP contribution in [-0.4, -0.2) is 36.5 Å². The van der Waals surface area contributed by atoms with Gasteiger partial charge in [0.15, 0.2) is 6.61 Å². The SMILES string of the molecule is O=C(COC(=O)CNC(=O)c1ccc(Cl)cc1Cl)NC12CC3CC(CC(C3)C1)C2. The average Bonchev–Trinajstić information content (AvgIpc) is 2.63. The molecule has 156 valence electrons. The lowest BCUT2D eigenvalue weighted by molar-refractivity contribution is -0.149. The van der Waals surface area contributed by atoms with Crippen molar-refractivity contribution in [3.63, 3.8) is 0 Å². The van der Waals surface area contributed by atoms with Gasteiger partial charge in [0.2, 0.25) is 0 Å². The number of ether oxygens (including phenoxy) is 1. The minimum atomic E-state index is -0.677. The summed E-state index contributed by atoms with van der Waals surface area (Å²) in [6.45, 7) is -0.680. The minimum absolute atomic E-state index is 0.113. The van der Waals surface area contributed by atoms with E-state index in [0.717, 1.165) is 37.0 Å². The Bertz CT molecular complexity index is 807. The van der Waals surface area contributed by atoms with Crippen molar-refractivity contribution in [2.75, 3.05) is 13.2 Å². The Morgan fingerprint density at radius 3 is 2.24 bits per heavy atom. The molecule has 1 aromatic rings. The summed E-state index contributed by atoms with van der Waals surface area (Å²) in [5.41, 5.74) is 0.0982. The second kappa shape index (κ2) is 8.15. The zero-order valence-electron chi connectivity index (χ0n) is 16.0. The van der Waals surface area contributed by atoms with E-state index in [1.54, 1.807) is 0 Å². The number of halogens is 2. The van der Waals surface area contributed by atoms with E-state index in [0.29, 0.717) is 5.02 Å². The Morgan fingerprint density at radius 1 is 1.03 bits per heavy atom. The van der Waals surface area contributed by atoms with Gasteiger partial charge < -0.3 is 15.4 Å². The number of amides is 2. The maximum Gasteiger partial charge on any atom is 0.325 e. The fourth-order valence-electron chi connectivity index (χ4n) is 5.71. The number of rotatable bonds is 6. The maximum atomic E-state index is 12.4. The van der Waals surface area contributed by atoms with Crippen LogP contribution in [0.5, 0.6) is 0 Å². The van der Waals surface area contributed by atoms with Gasteiger partial charge in [0.1, 0.15) is 6.54 Å². The van der Waals surface area contributed by atoms with Crippen molar-refractivity contribution in [3.05, 3.63) is 33.8 Å². The first-order valence-electron chi connectivity index (χ1n) is 10.0. The molecule has 4 fully saturated rings. The minimum Gasteiger partial charge on any atom is -0.454 e. The van der Waals surface area contributed by atoms with Crippen LogP contribution in [0, 0.1) is 17.8 Å². The molecule has 29 heavy (non-hydrogen) atoms. The average molecular weight is 439 g/mol. The van der Waals surface area contributed by atoms with Crippen molar-refractivity contribution in [2.24, 2.45) is 17.8 Å². The molecule has 0 aliphatic heterocycles. The van der Waals surface area contributed by atoms with Gasteiger partial charge >= 0.3 is 5.97 Å². The molecule has 2 N–H and O–H groups in total. The molecule has 0 spiro atoms. The first kappa shape index (κ1) is 20.5. The Morgan fingerprint density at radius 2 is 1.66 bits per heavy atom. The second-order valence-corrected chi connectivity index (χ2v) is 9.56. The number of hydrogen-bond acceptors (Lipinski definition) is 4. The van der Waals surface area contributed by atoms with Crippen molar-refractivity contribution >= 4 is 41.0 Å². The molecule has 0 radical (unpaired) electrons. The Kier molecular flexibility index (Phi) is 5.76. The predicted molar refractivity (Wildman–Crippen MR) is 109 cm³/mol. The monoisotopic (exact) mass is 438 g/mol. The topological polar surface area (TPSA) is 84.5 Å². The molecule has 0 unspecified atom stereocenters. The van der Waals surface area contributed by atoms with E-state index in [1.807, 2.05) is 0 Å². The van der Waals surface area contributed by atoms with Gasteiger partial charge in [-0.1, -0.05) is 23.2 Å². The number of esters is 1. The van der Waals surface area contributed by atoms with E-state index in [1.165, 1.54) is 37.5 Å². The zero-order valence-corrected chi connectivity index (χ0v) is 17.5. The second-order valence-electron chi connectivity index (χ2n) is 8.71. The van der Waals surface area contributed by atoms with Crippen molar-refractivity contribution in [3.8, 4) is 0 Å². The molecule has 8 heteroatoms. The van der Waals surface area contributed by atoms with Crippen LogP contribution in [0.25, 0.3) is 0 Å². The van der Waals surface area contributed by atoms with Gasteiger partial charge in [-0.3, -0.25) is 14.4 Å². The number of benzene rings is 1. The molecule has 4 saturated carbocycles. The van der Waals surface area contributed by atoms with Gasteiger partial charge in [-0.05, 0) is 74.5 Å². The summed E-state index contributed by atoms with van der Waals surface area (Å²) in [6.07, 6.45) is 6.99. The van der Waals surface area contributed by atoms with Gasteiger partial charge in [0.05, 0.1) is 10.6 Å². The highest BCUT2D eigenvalue weighted by atomic mass is 35.5. The molecule has 0 heterocycles. The Balaban J connectivity index is 1.21. The van der Waals surface area contributed by atoms with Crippen LogP contribution in [-0.2, 0) is 14.3 Å². The van der Waals surface area contributed by atoms with Crippen LogP contribution in [0.2, 0.25) is 10.0 Å². The highest BCUT2D eigenvalue weighted by Crippen LogP contribution is 2.55. The lowest BCUT2D eigenvalue weighted by Gasteiger charge is -2.56. The van der Waals surface area contributed by atoms with Crippen LogP contribution >= 0.6 is 23.2 Å². The van der Waals surface area contributed by atoms with E-state index < -0.39 is 11.9 Å². The van der Waals surface area contributed by atoms with Gasteiger partial charge in [-0.15, -0.1) is 0 Å². The molecule has 5 rings (SSSR count). The summed E-state index contributed by atoms with van der Waals surface area (Å²) >= 11 is 11.8. The van der Waals surface area contributed by atoms with Crippen LogP contribution in [0.4, 0.5) is 0 Å². The number of nitrogens with one attached hydrogen (secondary N) is 2. The van der Waals surface area contributed by atoms with E-state index >= 15 is 0 Å². The molecular weight excluding hydrogens is 415 g/mol. The third-order valence-electron chi connectivity index (χ3n) is 6.38. The van der Waals surface area contributed by atoms with Crippen LogP contribution in [0.15, 0.2) is 18.2 Å². The van der Waals surface area contributed by atoms with Crippen LogP contribution in [0.1, 0.15) is 48.9 Å². The quantitative estimate of drug-likeness (QED) is 0.666. The van der Waals surface area contributed by atoms with Crippen molar-refractivity contribution in [1.29, 1.82) is 0 Å². The zero-order chi connectivity index (χ0) is 20.6. The van der Waals surface area contributed by atoms with Gasteiger partial charge in [0.25, 0.3) is 11.8 Å². The lowest BCUT2D eigenvalue weighted by Crippen LogP contribution is -2.60. The summed E-state index contributed by atoms with van der Waals surface area (Å²) < 4.78 is 5.03. The molecule has 4 aliphatic carbocycles. The highest BCUT2D eigenvalue weighted by Gasteiger charge is 2.51.